The molecule has 2 aromatic carbocycles. The minimum atomic E-state index is 0.852. The monoisotopic (exact) mass is 438 g/mol. The summed E-state index contributed by atoms with van der Waals surface area (Å²) in [7, 11) is 0. The molecule has 0 N–H and O–H groups in total. The van der Waals surface area contributed by atoms with Gasteiger partial charge in [-0.25, -0.2) is 0 Å². The number of aryl methyl sites for hydroxylation is 3. The van der Waals surface area contributed by atoms with Gasteiger partial charge in [0.2, 0.25) is 0 Å². The number of hydrogen-bond acceptors (Lipinski definition) is 0. The maximum absolute atomic E-state index is 3.85. The first-order valence-corrected chi connectivity index (χ1v) is 12.8. The largest absolute Gasteiger partial charge is 0.0991 e. The van der Waals surface area contributed by atoms with Gasteiger partial charge in [-0.2, -0.15) is 0 Å². The van der Waals surface area contributed by atoms with E-state index in [0.29, 0.717) is 0 Å². The van der Waals surface area contributed by atoms with E-state index in [4.69, 9.17) is 0 Å². The normalized spacial score (nSPS) is 24.7. The number of allylic oxidation sites excluding steroid dienone is 7. The lowest BCUT2D eigenvalue weighted by atomic mass is 9.71. The fraction of sp³-hybridized carbons (Fsp3) is 0.394. The summed E-state index contributed by atoms with van der Waals surface area (Å²) in [6.45, 7) is 12.8. The van der Waals surface area contributed by atoms with E-state index in [1.807, 2.05) is 6.08 Å². The van der Waals surface area contributed by atoms with Gasteiger partial charge in [0.05, 0.1) is 0 Å². The average Bonchev–Trinajstić information content (AvgIpc) is 2.80. The molecule has 0 bridgehead atoms. The summed E-state index contributed by atoms with van der Waals surface area (Å²) in [5.74, 6) is 1.76. The minimum Gasteiger partial charge on any atom is -0.0991 e. The molecule has 33 heavy (non-hydrogen) atoms. The SMILES string of the molecule is C=C/C=C1CCC\C=C/C(CCc2ccc(C)cc2)=C\1C.Cc1ccc(C2CCC2C)cc1. The maximum Gasteiger partial charge on any atom is -0.0136 e. The van der Waals surface area contributed by atoms with Crippen LogP contribution in [-0.2, 0) is 6.42 Å². The van der Waals surface area contributed by atoms with Gasteiger partial charge in [-0.1, -0.05) is 97.5 Å². The Bertz CT molecular complexity index is 979. The highest BCUT2D eigenvalue weighted by Crippen LogP contribution is 2.41. The van der Waals surface area contributed by atoms with Crippen LogP contribution in [0.2, 0.25) is 0 Å². The van der Waals surface area contributed by atoms with Crippen molar-refractivity contribution in [1.82, 2.24) is 0 Å². The molecule has 1 saturated carbocycles. The molecule has 0 nitrogen and oxygen atoms in total. The van der Waals surface area contributed by atoms with Crippen molar-refractivity contribution in [2.75, 3.05) is 0 Å². The highest BCUT2D eigenvalue weighted by atomic mass is 14.3. The van der Waals surface area contributed by atoms with Crippen LogP contribution in [0.1, 0.15) is 80.5 Å². The van der Waals surface area contributed by atoms with Crippen LogP contribution in [0.25, 0.3) is 0 Å². The second-order valence-electron chi connectivity index (χ2n) is 9.93. The molecule has 2 aromatic rings. The summed E-state index contributed by atoms with van der Waals surface area (Å²) < 4.78 is 0. The molecule has 0 aromatic heterocycles. The zero-order chi connectivity index (χ0) is 23.6. The quantitative estimate of drug-likeness (QED) is 0.436. The van der Waals surface area contributed by atoms with Crippen molar-refractivity contribution in [1.29, 1.82) is 0 Å². The van der Waals surface area contributed by atoms with E-state index in [1.54, 1.807) is 5.56 Å². The zero-order valence-electron chi connectivity index (χ0n) is 21.2. The van der Waals surface area contributed by atoms with Gasteiger partial charge in [0.15, 0.2) is 0 Å². The Morgan fingerprint density at radius 2 is 1.55 bits per heavy atom. The standard InChI is InChI=1S/C21H26.C12H16/c1-4-8-20-9-6-5-7-10-21(18(20)3)16-15-19-13-11-17(2)12-14-19;1-9-3-6-11(7-4-9)12-8-5-10(12)2/h4,7-8,10-14H,1,5-6,9,15-16H2,2-3H3;3-4,6-7,10,12H,5,8H2,1-2H3/b10-7-,20-8+,21-18+;. The smallest absolute Gasteiger partial charge is 0.0136 e. The van der Waals surface area contributed by atoms with Gasteiger partial charge in [0.1, 0.15) is 0 Å². The third-order valence-corrected chi connectivity index (χ3v) is 7.35. The van der Waals surface area contributed by atoms with Crippen LogP contribution in [0.15, 0.2) is 96.1 Å². The van der Waals surface area contributed by atoms with E-state index < -0.39 is 0 Å². The van der Waals surface area contributed by atoms with E-state index in [-0.39, 0.29) is 0 Å². The van der Waals surface area contributed by atoms with Crippen LogP contribution in [0.4, 0.5) is 0 Å². The summed E-state index contributed by atoms with van der Waals surface area (Å²) >= 11 is 0. The van der Waals surface area contributed by atoms with Gasteiger partial charge < -0.3 is 0 Å². The van der Waals surface area contributed by atoms with Crippen molar-refractivity contribution in [3.63, 3.8) is 0 Å². The summed E-state index contributed by atoms with van der Waals surface area (Å²) in [6.07, 6.45) is 17.4. The number of rotatable bonds is 5. The van der Waals surface area contributed by atoms with Crippen molar-refractivity contribution >= 4 is 0 Å². The molecule has 0 heterocycles. The summed E-state index contributed by atoms with van der Waals surface area (Å²) in [5.41, 5.74) is 10.0. The van der Waals surface area contributed by atoms with Gasteiger partial charge in [0.25, 0.3) is 0 Å². The zero-order valence-corrected chi connectivity index (χ0v) is 21.2. The Labute approximate surface area is 202 Å². The van der Waals surface area contributed by atoms with Gasteiger partial charge in [-0.3, -0.25) is 0 Å². The Morgan fingerprint density at radius 1 is 0.879 bits per heavy atom. The molecule has 0 saturated heterocycles. The van der Waals surface area contributed by atoms with Crippen LogP contribution in [0, 0.1) is 19.8 Å². The van der Waals surface area contributed by atoms with Crippen LogP contribution < -0.4 is 0 Å². The van der Waals surface area contributed by atoms with E-state index in [0.717, 1.165) is 31.1 Å². The first-order chi connectivity index (χ1) is 16.0. The van der Waals surface area contributed by atoms with E-state index in [2.05, 4.69) is 101 Å². The van der Waals surface area contributed by atoms with Crippen molar-refractivity contribution in [3.05, 3.63) is 118 Å². The van der Waals surface area contributed by atoms with E-state index in [9.17, 15) is 0 Å². The molecule has 0 heteroatoms. The Balaban J connectivity index is 0.000000215. The fourth-order valence-electron chi connectivity index (χ4n) is 4.79. The lowest BCUT2D eigenvalue weighted by molar-refractivity contribution is 0.280. The average molecular weight is 439 g/mol. The van der Waals surface area contributed by atoms with Crippen LogP contribution in [-0.4, -0.2) is 0 Å². The highest BCUT2D eigenvalue weighted by Gasteiger charge is 2.27. The summed E-state index contributed by atoms with van der Waals surface area (Å²) in [4.78, 5) is 0. The Morgan fingerprint density at radius 3 is 2.12 bits per heavy atom. The predicted molar refractivity (Wildman–Crippen MR) is 146 cm³/mol. The molecule has 4 rings (SSSR count). The lowest BCUT2D eigenvalue weighted by Gasteiger charge is -2.34. The second kappa shape index (κ2) is 12.6. The minimum absolute atomic E-state index is 0.852. The van der Waals surface area contributed by atoms with Gasteiger partial charge in [-0.15, -0.1) is 0 Å². The van der Waals surface area contributed by atoms with Crippen molar-refractivity contribution in [2.24, 2.45) is 5.92 Å². The lowest BCUT2D eigenvalue weighted by Crippen LogP contribution is -2.20. The maximum atomic E-state index is 3.85. The summed E-state index contributed by atoms with van der Waals surface area (Å²) in [6, 6.07) is 17.9. The molecule has 2 aliphatic carbocycles. The second-order valence-corrected chi connectivity index (χ2v) is 9.93. The molecule has 0 radical (unpaired) electrons. The number of benzene rings is 2. The predicted octanol–water partition coefficient (Wildman–Crippen LogP) is 9.61. The van der Waals surface area contributed by atoms with Crippen LogP contribution in [0.3, 0.4) is 0 Å². The van der Waals surface area contributed by atoms with Crippen molar-refractivity contribution in [2.45, 2.75) is 78.6 Å². The van der Waals surface area contributed by atoms with Crippen LogP contribution in [0.5, 0.6) is 0 Å². The van der Waals surface area contributed by atoms with E-state index >= 15 is 0 Å². The molecule has 2 unspecified atom stereocenters. The van der Waals surface area contributed by atoms with Gasteiger partial charge in [0, 0.05) is 0 Å². The Hall–Kier alpha value is -2.60. The van der Waals surface area contributed by atoms with Crippen molar-refractivity contribution in [3.8, 4) is 0 Å². The molecule has 2 atom stereocenters. The molecular weight excluding hydrogens is 396 g/mol. The van der Waals surface area contributed by atoms with Gasteiger partial charge >= 0.3 is 0 Å². The molecule has 0 amide bonds. The molecule has 174 valence electrons. The fourth-order valence-corrected chi connectivity index (χ4v) is 4.79. The third-order valence-electron chi connectivity index (χ3n) is 7.35. The molecule has 2 aliphatic rings. The molecule has 0 aliphatic heterocycles. The highest BCUT2D eigenvalue weighted by molar-refractivity contribution is 5.41. The molecule has 0 spiro atoms. The topological polar surface area (TPSA) is 0 Å². The first kappa shape index (κ1) is 25.0. The van der Waals surface area contributed by atoms with E-state index in [1.165, 1.54) is 59.1 Å². The molecule has 1 fully saturated rings. The third kappa shape index (κ3) is 7.46. The number of hydrogen-bond donors (Lipinski definition) is 0. The van der Waals surface area contributed by atoms with Gasteiger partial charge in [-0.05, 0) is 105 Å². The van der Waals surface area contributed by atoms with Crippen LogP contribution >= 0.6 is 0 Å². The first-order valence-electron chi connectivity index (χ1n) is 12.8. The summed E-state index contributed by atoms with van der Waals surface area (Å²) in [5, 5.41) is 0. The molecular formula is C33H42. The van der Waals surface area contributed by atoms with Crippen molar-refractivity contribution < 1.29 is 0 Å². The Kier molecular flexibility index (Phi) is 9.55.